The summed E-state index contributed by atoms with van der Waals surface area (Å²) in [6.45, 7) is 1.71. The number of anilines is 1. The number of carbonyl (C=O) groups excluding carboxylic acids is 2. The zero-order valence-corrected chi connectivity index (χ0v) is 16.7. The summed E-state index contributed by atoms with van der Waals surface area (Å²) in [5, 5.41) is 11.3. The lowest BCUT2D eigenvalue weighted by Gasteiger charge is -2.09. The Bertz CT molecular complexity index is 949. The van der Waals surface area contributed by atoms with Crippen molar-refractivity contribution in [1.82, 2.24) is 0 Å². The molecule has 0 heterocycles. The van der Waals surface area contributed by atoms with E-state index in [4.69, 9.17) is 24.2 Å². The van der Waals surface area contributed by atoms with Gasteiger partial charge in [-0.2, -0.15) is 5.26 Å². The molecular formula is C22H22N2O6. The average Bonchev–Trinajstić information content (AvgIpc) is 2.75. The first-order valence-corrected chi connectivity index (χ1v) is 9.11. The van der Waals surface area contributed by atoms with Gasteiger partial charge in [0.25, 0.3) is 0 Å². The maximum atomic E-state index is 12.2. The van der Waals surface area contributed by atoms with Gasteiger partial charge in [-0.05, 0) is 42.8 Å². The van der Waals surface area contributed by atoms with Gasteiger partial charge in [-0.3, -0.25) is 4.79 Å². The van der Waals surface area contributed by atoms with Crippen LogP contribution in [-0.2, 0) is 14.3 Å². The third-order valence-corrected chi connectivity index (χ3v) is 3.67. The molecule has 1 N–H and O–H groups in total. The molecular weight excluding hydrogens is 388 g/mol. The number of amides is 1. The van der Waals surface area contributed by atoms with Crippen molar-refractivity contribution < 1.29 is 28.5 Å². The molecule has 0 radical (unpaired) electrons. The number of carbonyl (C=O) groups is 2. The van der Waals surface area contributed by atoms with Crippen LogP contribution in [0.15, 0.2) is 48.5 Å². The average molecular weight is 410 g/mol. The van der Waals surface area contributed by atoms with E-state index in [1.807, 2.05) is 6.07 Å². The van der Waals surface area contributed by atoms with Crippen molar-refractivity contribution in [3.63, 3.8) is 0 Å². The predicted octanol–water partition coefficient (Wildman–Crippen LogP) is 3.19. The molecule has 0 bridgehead atoms. The molecule has 0 saturated carbocycles. The molecule has 0 aliphatic rings. The molecule has 2 rings (SSSR count). The molecule has 8 heteroatoms. The summed E-state index contributed by atoms with van der Waals surface area (Å²) in [6, 6.07) is 13.7. The van der Waals surface area contributed by atoms with Gasteiger partial charge in [0, 0.05) is 17.8 Å². The second-order valence-electron chi connectivity index (χ2n) is 5.80. The number of hydrogen-bond donors (Lipinski definition) is 1. The lowest BCUT2D eigenvalue weighted by atomic mass is 10.2. The second-order valence-corrected chi connectivity index (χ2v) is 5.80. The normalized spacial score (nSPS) is 10.2. The largest absolute Gasteiger partial charge is 0.493 e. The minimum Gasteiger partial charge on any atom is -0.493 e. The molecule has 0 aliphatic heterocycles. The van der Waals surface area contributed by atoms with Gasteiger partial charge in [0.15, 0.2) is 24.7 Å². The van der Waals surface area contributed by atoms with Crippen molar-refractivity contribution in [2.75, 3.05) is 32.2 Å². The van der Waals surface area contributed by atoms with Crippen LogP contribution in [0.3, 0.4) is 0 Å². The fraction of sp³-hybridized carbons (Fsp3) is 0.227. The Balaban J connectivity index is 1.97. The Morgan fingerprint density at radius 1 is 1.13 bits per heavy atom. The summed E-state index contributed by atoms with van der Waals surface area (Å²) in [5.74, 6) is 0.526. The lowest BCUT2D eigenvalue weighted by Crippen LogP contribution is -2.14. The number of rotatable bonds is 10. The second kappa shape index (κ2) is 11.8. The molecule has 0 fully saturated rings. The van der Waals surface area contributed by atoms with Crippen LogP contribution in [0.1, 0.15) is 12.5 Å². The van der Waals surface area contributed by atoms with E-state index >= 15 is 0 Å². The molecule has 2 aromatic rings. The Morgan fingerprint density at radius 2 is 1.97 bits per heavy atom. The monoisotopic (exact) mass is 410 g/mol. The van der Waals surface area contributed by atoms with E-state index in [-0.39, 0.29) is 25.7 Å². The van der Waals surface area contributed by atoms with Gasteiger partial charge in [0.1, 0.15) is 11.8 Å². The zero-order chi connectivity index (χ0) is 21.8. The highest BCUT2D eigenvalue weighted by molar-refractivity contribution is 6.02. The van der Waals surface area contributed by atoms with Crippen LogP contribution in [0.4, 0.5) is 5.69 Å². The molecule has 0 atom stereocenters. The summed E-state index contributed by atoms with van der Waals surface area (Å²) in [5.41, 5.74) is 1.24. The minimum absolute atomic E-state index is 0.0868. The molecule has 1 amide bonds. The van der Waals surface area contributed by atoms with Gasteiger partial charge in [-0.25, -0.2) is 4.79 Å². The van der Waals surface area contributed by atoms with Crippen molar-refractivity contribution in [2.45, 2.75) is 6.92 Å². The third kappa shape index (κ3) is 7.20. The molecule has 156 valence electrons. The van der Waals surface area contributed by atoms with Crippen molar-refractivity contribution in [3.05, 3.63) is 54.1 Å². The third-order valence-electron chi connectivity index (χ3n) is 3.67. The number of nitrogens with one attached hydrogen (secondary N) is 1. The van der Waals surface area contributed by atoms with E-state index in [2.05, 4.69) is 5.32 Å². The van der Waals surface area contributed by atoms with Crippen LogP contribution in [0.5, 0.6) is 17.2 Å². The molecule has 30 heavy (non-hydrogen) atoms. The van der Waals surface area contributed by atoms with Crippen molar-refractivity contribution >= 4 is 23.6 Å². The van der Waals surface area contributed by atoms with E-state index in [1.165, 1.54) is 13.2 Å². The Morgan fingerprint density at radius 3 is 2.70 bits per heavy atom. The standard InChI is InChI=1S/C22H22N2O6/c1-3-28-22(26)15-30-18-6-4-5-17(14-18)24-21(25)10-8-16-7-9-19(29-12-11-23)20(13-16)27-2/h4-10,13-14H,3,12,15H2,1-2H3,(H,24,25)/b10-8+. The highest BCUT2D eigenvalue weighted by atomic mass is 16.6. The molecule has 0 unspecified atom stereocenters. The summed E-state index contributed by atoms with van der Waals surface area (Å²) >= 11 is 0. The molecule has 0 spiro atoms. The number of methoxy groups -OCH3 is 1. The summed E-state index contributed by atoms with van der Waals surface area (Å²) in [4.78, 5) is 23.6. The van der Waals surface area contributed by atoms with Gasteiger partial charge in [0.2, 0.25) is 5.91 Å². The van der Waals surface area contributed by atoms with Crippen LogP contribution < -0.4 is 19.5 Å². The maximum Gasteiger partial charge on any atom is 0.344 e. The Hall–Kier alpha value is -3.99. The molecule has 0 aliphatic carbocycles. The van der Waals surface area contributed by atoms with Gasteiger partial charge in [-0.1, -0.05) is 12.1 Å². The number of hydrogen-bond acceptors (Lipinski definition) is 7. The lowest BCUT2D eigenvalue weighted by molar-refractivity contribution is -0.145. The number of ether oxygens (including phenoxy) is 4. The zero-order valence-electron chi connectivity index (χ0n) is 16.7. The molecule has 0 saturated heterocycles. The van der Waals surface area contributed by atoms with E-state index < -0.39 is 5.97 Å². The van der Waals surface area contributed by atoms with Crippen molar-refractivity contribution in [3.8, 4) is 23.3 Å². The van der Waals surface area contributed by atoms with E-state index in [9.17, 15) is 9.59 Å². The number of benzene rings is 2. The first-order valence-electron chi connectivity index (χ1n) is 9.11. The number of nitriles is 1. The topological polar surface area (TPSA) is 107 Å². The first-order chi connectivity index (χ1) is 14.5. The SMILES string of the molecule is CCOC(=O)COc1cccc(NC(=O)/C=C/c2ccc(OCC#N)c(OC)c2)c1. The fourth-order valence-electron chi connectivity index (χ4n) is 2.38. The molecule has 2 aromatic carbocycles. The Kier molecular flexibility index (Phi) is 8.74. The Labute approximate surface area is 174 Å². The van der Waals surface area contributed by atoms with Crippen LogP contribution in [0.2, 0.25) is 0 Å². The number of esters is 1. The summed E-state index contributed by atoms with van der Waals surface area (Å²) in [6.07, 6.45) is 2.99. The van der Waals surface area contributed by atoms with Crippen LogP contribution in [-0.4, -0.2) is 38.8 Å². The first kappa shape index (κ1) is 22.3. The summed E-state index contributed by atoms with van der Waals surface area (Å²) < 4.78 is 20.7. The van der Waals surface area contributed by atoms with Gasteiger partial charge >= 0.3 is 5.97 Å². The van der Waals surface area contributed by atoms with Gasteiger partial charge in [-0.15, -0.1) is 0 Å². The van der Waals surface area contributed by atoms with Crippen molar-refractivity contribution in [2.24, 2.45) is 0 Å². The van der Waals surface area contributed by atoms with Crippen LogP contribution >= 0.6 is 0 Å². The molecule has 8 nitrogen and oxygen atoms in total. The number of nitrogens with zero attached hydrogens (tertiary/aromatic N) is 1. The van der Waals surface area contributed by atoms with Gasteiger partial charge in [0.05, 0.1) is 13.7 Å². The quantitative estimate of drug-likeness (QED) is 0.473. The highest BCUT2D eigenvalue weighted by Crippen LogP contribution is 2.28. The molecule has 0 aromatic heterocycles. The maximum absolute atomic E-state index is 12.2. The van der Waals surface area contributed by atoms with Crippen LogP contribution in [0, 0.1) is 11.3 Å². The minimum atomic E-state index is -0.464. The predicted molar refractivity (Wildman–Crippen MR) is 110 cm³/mol. The highest BCUT2D eigenvalue weighted by Gasteiger charge is 2.06. The van der Waals surface area contributed by atoms with E-state index in [1.54, 1.807) is 55.5 Å². The van der Waals surface area contributed by atoms with E-state index in [0.29, 0.717) is 22.9 Å². The summed E-state index contributed by atoms with van der Waals surface area (Å²) in [7, 11) is 1.49. The van der Waals surface area contributed by atoms with Gasteiger partial charge < -0.3 is 24.3 Å². The smallest absolute Gasteiger partial charge is 0.344 e. The van der Waals surface area contributed by atoms with Crippen molar-refractivity contribution in [1.29, 1.82) is 5.26 Å². The fourth-order valence-corrected chi connectivity index (χ4v) is 2.38. The van der Waals surface area contributed by atoms with Crippen LogP contribution in [0.25, 0.3) is 6.08 Å². The van der Waals surface area contributed by atoms with E-state index in [0.717, 1.165) is 5.56 Å².